The van der Waals surface area contributed by atoms with Gasteiger partial charge in [-0.25, -0.2) is 4.39 Å². The molecule has 3 aliphatic heterocycles. The number of fused-ring (bicyclic) bond motifs is 3. The summed E-state index contributed by atoms with van der Waals surface area (Å²) in [6.07, 6.45) is 1.22. The molecular weight excluding hydrogens is 566 g/mol. The number of carbonyl (C=O) groups excluding carboxylic acids is 1. The van der Waals surface area contributed by atoms with Crippen molar-refractivity contribution in [2.24, 2.45) is 5.41 Å². The van der Waals surface area contributed by atoms with E-state index >= 15 is 4.39 Å². The van der Waals surface area contributed by atoms with Crippen molar-refractivity contribution in [1.82, 2.24) is 10.6 Å². The second-order valence-corrected chi connectivity index (χ2v) is 12.7. The number of hydrogen-bond acceptors (Lipinski definition) is 5. The zero-order chi connectivity index (χ0) is 28.3. The topological polar surface area (TPSA) is 82.6 Å². The summed E-state index contributed by atoms with van der Waals surface area (Å²) in [5.41, 5.74) is -1.17. The summed E-state index contributed by atoms with van der Waals surface area (Å²) in [5, 5.41) is 19.8. The van der Waals surface area contributed by atoms with Crippen molar-refractivity contribution in [3.63, 3.8) is 0 Å². The van der Waals surface area contributed by atoms with Crippen LogP contribution >= 0.6 is 23.2 Å². The molecule has 1 amide bonds. The Morgan fingerprint density at radius 3 is 2.60 bits per heavy atom. The highest BCUT2D eigenvalue weighted by molar-refractivity contribution is 6.31. The van der Waals surface area contributed by atoms with Crippen LogP contribution in [0.25, 0.3) is 0 Å². The largest absolute Gasteiger partial charge is 0.394 e. The highest BCUT2D eigenvalue weighted by Gasteiger charge is 2.74. The summed E-state index contributed by atoms with van der Waals surface area (Å²) in [6, 6.07) is 8.92. The third kappa shape index (κ3) is 4.15. The van der Waals surface area contributed by atoms with Crippen LogP contribution in [0.5, 0.6) is 0 Å². The van der Waals surface area contributed by atoms with Gasteiger partial charge in [0.25, 0.3) is 0 Å². The minimum Gasteiger partial charge on any atom is -0.394 e. The predicted molar refractivity (Wildman–Crippen MR) is 147 cm³/mol. The number of alkyl halides is 2. The molecule has 2 saturated heterocycles. The third-order valence-corrected chi connectivity index (χ3v) is 10.1. The molecule has 11 heteroatoms. The minimum atomic E-state index is -1.17. The molecule has 0 bridgehead atoms. The average Bonchev–Trinajstić information content (AvgIpc) is 3.46. The first-order valence-corrected chi connectivity index (χ1v) is 14.4. The van der Waals surface area contributed by atoms with E-state index in [-0.39, 0.29) is 54.7 Å². The molecule has 2 aromatic carbocycles. The van der Waals surface area contributed by atoms with Gasteiger partial charge in [-0.1, -0.05) is 41.4 Å². The fourth-order valence-electron chi connectivity index (χ4n) is 7.83. The summed E-state index contributed by atoms with van der Waals surface area (Å²) in [6.45, 7) is -1.19. The smallest absolute Gasteiger partial charge is 0.238 e. The van der Waals surface area contributed by atoms with E-state index in [1.807, 2.05) is 6.07 Å². The van der Waals surface area contributed by atoms with Gasteiger partial charge < -0.3 is 20.5 Å². The van der Waals surface area contributed by atoms with Gasteiger partial charge in [-0.15, -0.1) is 0 Å². The Balaban J connectivity index is 1.47. The molecule has 5 atom stereocenters. The van der Waals surface area contributed by atoms with Gasteiger partial charge in [0.2, 0.25) is 5.91 Å². The van der Waals surface area contributed by atoms with Crippen LogP contribution in [0.15, 0.2) is 36.4 Å². The first-order valence-electron chi connectivity index (χ1n) is 13.6. The van der Waals surface area contributed by atoms with Gasteiger partial charge in [0.05, 0.1) is 49.8 Å². The van der Waals surface area contributed by atoms with Gasteiger partial charge in [-0.05, 0) is 55.0 Å². The maximum Gasteiger partial charge on any atom is 0.238 e. The number of carbonyl (C=O) groups is 1. The van der Waals surface area contributed by atoms with Crippen LogP contribution < -0.4 is 16.0 Å². The van der Waals surface area contributed by atoms with Crippen LogP contribution in [0.2, 0.25) is 10.0 Å². The highest BCUT2D eigenvalue weighted by atomic mass is 35.5. The lowest BCUT2D eigenvalue weighted by molar-refractivity contribution is -0.126. The molecule has 1 aliphatic carbocycles. The second kappa shape index (κ2) is 10.3. The van der Waals surface area contributed by atoms with E-state index < -0.39 is 47.5 Å². The standard InChI is InChI=1S/C29H32Cl2F3N3O3/c30-16-4-7-20-22(8-16)35-15-29(20)23(19-2-1-3-21(31)24(19)34)25(37-28(29)11-27(12-28,13-32)14-33)26(39)36-17-5-6-18(9-38)40-10-17/h1-4,7-8,17-18,23,25,35,37-38H,5-6,9-15H2,(H,36,39)/t17-,18+,23+,25-,29-/m1/s1. The number of aliphatic hydroxyl groups is 1. The molecule has 6 rings (SSSR count). The Kier molecular flexibility index (Phi) is 7.27. The summed E-state index contributed by atoms with van der Waals surface area (Å²) in [5.74, 6) is -1.73. The molecule has 4 aliphatic rings. The Morgan fingerprint density at radius 1 is 1.15 bits per heavy atom. The van der Waals surface area contributed by atoms with Crippen molar-refractivity contribution in [3.05, 3.63) is 63.4 Å². The number of halogens is 5. The van der Waals surface area contributed by atoms with Gasteiger partial charge in [0.15, 0.2) is 0 Å². The van der Waals surface area contributed by atoms with Crippen molar-refractivity contribution in [2.75, 3.05) is 38.4 Å². The van der Waals surface area contributed by atoms with E-state index in [0.29, 0.717) is 24.4 Å². The minimum absolute atomic E-state index is 0.0683. The first kappa shape index (κ1) is 28.1. The maximum atomic E-state index is 15.9. The van der Waals surface area contributed by atoms with Crippen molar-refractivity contribution in [3.8, 4) is 0 Å². The lowest BCUT2D eigenvalue weighted by Crippen LogP contribution is -2.69. The Bertz CT molecular complexity index is 1300. The fraction of sp³-hybridized carbons (Fsp3) is 0.552. The number of aliphatic hydroxyl groups excluding tert-OH is 1. The second-order valence-electron chi connectivity index (χ2n) is 11.9. The van der Waals surface area contributed by atoms with E-state index in [2.05, 4.69) is 16.0 Å². The Hall–Kier alpha value is -2.04. The Labute approximate surface area is 240 Å². The molecule has 40 heavy (non-hydrogen) atoms. The van der Waals surface area contributed by atoms with Crippen LogP contribution in [0, 0.1) is 11.2 Å². The van der Waals surface area contributed by atoms with Gasteiger partial charge in [0, 0.05) is 39.5 Å². The molecule has 0 aromatic heterocycles. The number of amides is 1. The molecule has 2 aromatic rings. The van der Waals surface area contributed by atoms with Gasteiger partial charge in [-0.3, -0.25) is 18.9 Å². The molecule has 0 radical (unpaired) electrons. The molecule has 1 saturated carbocycles. The monoisotopic (exact) mass is 597 g/mol. The van der Waals surface area contributed by atoms with Crippen LogP contribution in [-0.4, -0.2) is 67.8 Å². The van der Waals surface area contributed by atoms with Crippen LogP contribution in [0.3, 0.4) is 0 Å². The molecule has 6 nitrogen and oxygen atoms in total. The number of hydrogen-bond donors (Lipinski definition) is 4. The summed E-state index contributed by atoms with van der Waals surface area (Å²) in [7, 11) is 0. The fourth-order valence-corrected chi connectivity index (χ4v) is 8.18. The lowest BCUT2D eigenvalue weighted by Gasteiger charge is -2.60. The van der Waals surface area contributed by atoms with Crippen molar-refractivity contribution in [1.29, 1.82) is 0 Å². The lowest BCUT2D eigenvalue weighted by atomic mass is 9.46. The van der Waals surface area contributed by atoms with E-state index in [4.69, 9.17) is 27.9 Å². The SMILES string of the molecule is O=C(N[C@@H]1CC[C@@H](CO)OC1)[C@@H]1NC2(CC(CF)(CF)C2)[C@@]2(CNc3cc(Cl)ccc32)[C@H]1c1cccc(Cl)c1F. The van der Waals surface area contributed by atoms with Gasteiger partial charge >= 0.3 is 0 Å². The van der Waals surface area contributed by atoms with E-state index in [1.165, 1.54) is 6.07 Å². The molecular formula is C29H32Cl2F3N3O3. The van der Waals surface area contributed by atoms with E-state index in [1.54, 1.807) is 24.3 Å². The molecule has 2 spiro atoms. The van der Waals surface area contributed by atoms with Crippen molar-refractivity contribution < 1.29 is 27.8 Å². The van der Waals surface area contributed by atoms with Crippen LogP contribution in [0.1, 0.15) is 42.7 Å². The van der Waals surface area contributed by atoms with Crippen molar-refractivity contribution >= 4 is 34.8 Å². The molecule has 0 unspecified atom stereocenters. The molecule has 3 fully saturated rings. The average molecular weight is 598 g/mol. The molecule has 3 heterocycles. The van der Waals surface area contributed by atoms with Gasteiger partial charge in [0.1, 0.15) is 5.82 Å². The molecule has 4 N–H and O–H groups in total. The number of benzene rings is 2. The quantitative estimate of drug-likeness (QED) is 0.389. The summed E-state index contributed by atoms with van der Waals surface area (Å²) in [4.78, 5) is 14.1. The van der Waals surface area contributed by atoms with E-state index in [0.717, 1.165) is 11.3 Å². The number of rotatable bonds is 6. The first-order chi connectivity index (χ1) is 19.2. The zero-order valence-corrected chi connectivity index (χ0v) is 23.3. The van der Waals surface area contributed by atoms with E-state index in [9.17, 15) is 18.7 Å². The number of ether oxygens (including phenoxy) is 1. The number of anilines is 1. The third-order valence-electron chi connectivity index (χ3n) is 9.61. The zero-order valence-electron chi connectivity index (χ0n) is 21.8. The van der Waals surface area contributed by atoms with Crippen molar-refractivity contribution in [2.45, 2.75) is 60.7 Å². The van der Waals surface area contributed by atoms with Crippen LogP contribution in [0.4, 0.5) is 18.9 Å². The Morgan fingerprint density at radius 2 is 1.93 bits per heavy atom. The summed E-state index contributed by atoms with van der Waals surface area (Å²) >= 11 is 12.6. The molecule has 216 valence electrons. The highest BCUT2D eigenvalue weighted by Crippen LogP contribution is 2.68. The normalized spacial score (nSPS) is 31.6. The van der Waals surface area contributed by atoms with Gasteiger partial charge in [-0.2, -0.15) is 0 Å². The van der Waals surface area contributed by atoms with Crippen LogP contribution in [-0.2, 0) is 14.9 Å². The number of nitrogens with one attached hydrogen (secondary N) is 3. The summed E-state index contributed by atoms with van der Waals surface area (Å²) < 4.78 is 50.0. The maximum absolute atomic E-state index is 15.9. The predicted octanol–water partition coefficient (Wildman–Crippen LogP) is 4.67.